The minimum absolute atomic E-state index is 0.899. The lowest BCUT2D eigenvalue weighted by atomic mass is 10.5. The van der Waals surface area contributed by atoms with E-state index in [1.54, 1.807) is 6.20 Å². The molecule has 0 aliphatic heterocycles. The van der Waals surface area contributed by atoms with Gasteiger partial charge in [-0.15, -0.1) is 0 Å². The second kappa shape index (κ2) is 3.69. The van der Waals surface area contributed by atoms with Crippen molar-refractivity contribution in [3.8, 4) is 0 Å². The number of anilines is 1. The molecule has 0 saturated carbocycles. The van der Waals surface area contributed by atoms with Gasteiger partial charge in [0.15, 0.2) is 0 Å². The van der Waals surface area contributed by atoms with Crippen molar-refractivity contribution in [1.29, 1.82) is 0 Å². The molecule has 0 aliphatic carbocycles. The Morgan fingerprint density at radius 3 is 2.73 bits per heavy atom. The van der Waals surface area contributed by atoms with Gasteiger partial charge in [-0.05, 0) is 28.1 Å². The summed E-state index contributed by atoms with van der Waals surface area (Å²) >= 11 is 3.32. The molecule has 0 spiro atoms. The highest BCUT2D eigenvalue weighted by molar-refractivity contribution is 9.10. The van der Waals surface area contributed by atoms with E-state index in [0.29, 0.717) is 0 Å². The molecule has 0 aromatic carbocycles. The molecule has 1 N–H and O–H groups in total. The number of halogens is 1. The van der Waals surface area contributed by atoms with E-state index >= 15 is 0 Å². The van der Waals surface area contributed by atoms with Gasteiger partial charge in [0, 0.05) is 24.8 Å². The first kappa shape index (κ1) is 8.49. The fourth-order valence-corrected chi connectivity index (χ4v) is 0.916. The molecule has 1 aromatic heterocycles. The van der Waals surface area contributed by atoms with Crippen molar-refractivity contribution in [2.24, 2.45) is 0 Å². The van der Waals surface area contributed by atoms with Crippen LogP contribution in [0.3, 0.4) is 0 Å². The first-order valence-corrected chi connectivity index (χ1v) is 4.06. The van der Waals surface area contributed by atoms with Gasteiger partial charge in [-0.2, -0.15) is 0 Å². The van der Waals surface area contributed by atoms with Crippen LogP contribution in [0.2, 0.25) is 0 Å². The zero-order valence-corrected chi connectivity index (χ0v) is 8.09. The van der Waals surface area contributed by atoms with Gasteiger partial charge in [0.1, 0.15) is 5.82 Å². The molecule has 4 heteroatoms. The average molecular weight is 216 g/mol. The molecule has 0 fully saturated rings. The maximum absolute atomic E-state index is 4.17. The molecule has 1 rings (SSSR count). The first-order chi connectivity index (χ1) is 5.24. The van der Waals surface area contributed by atoms with E-state index in [-0.39, 0.29) is 0 Å². The first-order valence-electron chi connectivity index (χ1n) is 3.26. The summed E-state index contributed by atoms with van der Waals surface area (Å²) in [6.45, 7) is 0. The molecule has 0 amide bonds. The van der Waals surface area contributed by atoms with E-state index < -0.39 is 0 Å². The van der Waals surface area contributed by atoms with E-state index in [2.05, 4.69) is 26.3 Å². The summed E-state index contributed by atoms with van der Waals surface area (Å²) in [5.74, 6) is 0.899. The molecule has 0 atom stereocenters. The Hall–Kier alpha value is -0.610. The summed E-state index contributed by atoms with van der Waals surface area (Å²) in [6, 6.07) is 3.89. The van der Waals surface area contributed by atoms with Gasteiger partial charge < -0.3 is 0 Å². The van der Waals surface area contributed by atoms with Crippen LogP contribution in [-0.4, -0.2) is 19.1 Å². The third-order valence-corrected chi connectivity index (χ3v) is 1.86. The van der Waals surface area contributed by atoms with Gasteiger partial charge in [-0.1, -0.05) is 0 Å². The van der Waals surface area contributed by atoms with Crippen molar-refractivity contribution in [2.45, 2.75) is 0 Å². The second-order valence-corrected chi connectivity index (χ2v) is 3.03. The molecule has 0 radical (unpaired) electrons. The van der Waals surface area contributed by atoms with Crippen LogP contribution in [-0.2, 0) is 0 Å². The molecule has 0 saturated heterocycles. The van der Waals surface area contributed by atoms with Gasteiger partial charge >= 0.3 is 0 Å². The van der Waals surface area contributed by atoms with Gasteiger partial charge in [0.25, 0.3) is 0 Å². The number of hydrogen-bond donors (Lipinski definition) is 1. The fourth-order valence-electron chi connectivity index (χ4n) is 0.681. The molecule has 1 heterocycles. The maximum atomic E-state index is 4.17. The Kier molecular flexibility index (Phi) is 2.84. The number of hydrogen-bond acceptors (Lipinski definition) is 3. The quantitative estimate of drug-likeness (QED) is 0.757. The minimum atomic E-state index is 0.899. The van der Waals surface area contributed by atoms with Gasteiger partial charge in [0.05, 0.1) is 0 Å². The highest BCUT2D eigenvalue weighted by Gasteiger charge is 1.96. The highest BCUT2D eigenvalue weighted by Crippen LogP contribution is 2.11. The van der Waals surface area contributed by atoms with Crippen molar-refractivity contribution in [2.75, 3.05) is 19.1 Å². The lowest BCUT2D eigenvalue weighted by molar-refractivity contribution is 0.776. The lowest BCUT2D eigenvalue weighted by Gasteiger charge is -2.15. The summed E-state index contributed by atoms with van der Waals surface area (Å²) in [6.07, 6.45) is 1.77. The number of aromatic nitrogens is 1. The Morgan fingerprint density at radius 2 is 2.27 bits per heavy atom. The monoisotopic (exact) mass is 215 g/mol. The summed E-state index contributed by atoms with van der Waals surface area (Å²) in [5, 5.41) is 1.84. The van der Waals surface area contributed by atoms with Crippen LogP contribution in [0.4, 0.5) is 5.82 Å². The third kappa shape index (κ3) is 2.17. The summed E-state index contributed by atoms with van der Waals surface area (Å²) < 4.78 is 0.991. The zero-order valence-electron chi connectivity index (χ0n) is 6.50. The van der Waals surface area contributed by atoms with E-state index in [0.717, 1.165) is 10.3 Å². The Morgan fingerprint density at radius 1 is 1.55 bits per heavy atom. The van der Waals surface area contributed by atoms with Crippen LogP contribution in [0, 0.1) is 0 Å². The average Bonchev–Trinajstić information content (AvgIpc) is 2.05. The number of hydrazine groups is 1. The molecule has 0 unspecified atom stereocenters. The molecule has 3 nitrogen and oxygen atoms in total. The van der Waals surface area contributed by atoms with Crippen molar-refractivity contribution >= 4 is 21.7 Å². The van der Waals surface area contributed by atoms with Crippen LogP contribution in [0.5, 0.6) is 0 Å². The Labute approximate surface area is 74.5 Å². The molecule has 0 aliphatic rings. The second-order valence-electron chi connectivity index (χ2n) is 2.12. The predicted molar refractivity (Wildman–Crippen MR) is 49.4 cm³/mol. The molecule has 11 heavy (non-hydrogen) atoms. The predicted octanol–water partition coefficient (Wildman–Crippen LogP) is 1.41. The van der Waals surface area contributed by atoms with Crippen molar-refractivity contribution in [3.63, 3.8) is 0 Å². The molecule has 0 bridgehead atoms. The minimum Gasteiger partial charge on any atom is -0.296 e. The van der Waals surface area contributed by atoms with E-state index in [9.17, 15) is 0 Å². The summed E-state index contributed by atoms with van der Waals surface area (Å²) in [7, 11) is 3.76. The van der Waals surface area contributed by atoms with Crippen LogP contribution in [0.15, 0.2) is 22.8 Å². The number of nitrogens with one attached hydrogen (secondary N) is 1. The standard InChI is InChI=1S/C7H10BrN3/c1-9-11(2)7-4-3-6(8)5-10-7/h3-5,9H,1-2H3. The van der Waals surface area contributed by atoms with Crippen molar-refractivity contribution in [1.82, 2.24) is 10.4 Å². The topological polar surface area (TPSA) is 28.2 Å². The lowest BCUT2D eigenvalue weighted by Crippen LogP contribution is -2.30. The normalized spacial score (nSPS) is 9.73. The third-order valence-electron chi connectivity index (χ3n) is 1.39. The van der Waals surface area contributed by atoms with Crippen LogP contribution in [0.25, 0.3) is 0 Å². The summed E-state index contributed by atoms with van der Waals surface area (Å²) in [4.78, 5) is 4.17. The molecular weight excluding hydrogens is 206 g/mol. The van der Waals surface area contributed by atoms with E-state index in [1.807, 2.05) is 31.2 Å². The van der Waals surface area contributed by atoms with Crippen LogP contribution in [0.1, 0.15) is 0 Å². The summed E-state index contributed by atoms with van der Waals surface area (Å²) in [5.41, 5.74) is 2.96. The molecule has 1 aromatic rings. The van der Waals surface area contributed by atoms with Crippen molar-refractivity contribution < 1.29 is 0 Å². The van der Waals surface area contributed by atoms with Gasteiger partial charge in [-0.3, -0.25) is 5.01 Å². The van der Waals surface area contributed by atoms with Gasteiger partial charge in [0.2, 0.25) is 0 Å². The molecule has 60 valence electrons. The Bertz CT molecular complexity index is 222. The maximum Gasteiger partial charge on any atom is 0.142 e. The Balaban J connectivity index is 2.81. The number of nitrogens with zero attached hydrogens (tertiary/aromatic N) is 2. The number of rotatable bonds is 2. The van der Waals surface area contributed by atoms with Gasteiger partial charge in [-0.25, -0.2) is 10.4 Å². The SMILES string of the molecule is CNN(C)c1ccc(Br)cn1. The van der Waals surface area contributed by atoms with E-state index in [1.165, 1.54) is 0 Å². The largest absolute Gasteiger partial charge is 0.296 e. The van der Waals surface area contributed by atoms with Crippen LogP contribution < -0.4 is 10.4 Å². The highest BCUT2D eigenvalue weighted by atomic mass is 79.9. The van der Waals surface area contributed by atoms with Crippen molar-refractivity contribution in [3.05, 3.63) is 22.8 Å². The zero-order chi connectivity index (χ0) is 8.27. The molecular formula is C7H10BrN3. The van der Waals surface area contributed by atoms with Crippen LogP contribution >= 0.6 is 15.9 Å². The number of pyridine rings is 1. The van der Waals surface area contributed by atoms with E-state index in [4.69, 9.17) is 0 Å². The smallest absolute Gasteiger partial charge is 0.142 e. The fraction of sp³-hybridized carbons (Fsp3) is 0.286.